The highest BCUT2D eigenvalue weighted by atomic mass is 16.7. The smallest absolute Gasteiger partial charge is 0.270 e. The Kier molecular flexibility index (Phi) is 14.7. The number of nitro benzene ring substituents is 1. The minimum absolute atomic E-state index is 0.0379. The topological polar surface area (TPSA) is 70.8 Å². The first-order chi connectivity index (χ1) is 14.6. The molecular weight excluding hydrogens is 382 g/mol. The lowest BCUT2D eigenvalue weighted by molar-refractivity contribution is -0.384. The predicted octanol–water partition coefficient (Wildman–Crippen LogP) is 6.92. The highest BCUT2D eigenvalue weighted by molar-refractivity contribution is 5.60. The molecule has 170 valence electrons. The van der Waals surface area contributed by atoms with Crippen molar-refractivity contribution in [2.24, 2.45) is 0 Å². The van der Waals surface area contributed by atoms with Gasteiger partial charge in [0.15, 0.2) is 6.29 Å². The third-order valence-corrected chi connectivity index (χ3v) is 4.99. The van der Waals surface area contributed by atoms with Gasteiger partial charge in [-0.1, -0.05) is 76.9 Å². The van der Waals surface area contributed by atoms with Crippen LogP contribution in [0.2, 0.25) is 0 Å². The normalized spacial score (nSPS) is 12.4. The van der Waals surface area contributed by atoms with Crippen molar-refractivity contribution in [2.75, 3.05) is 20.3 Å². The van der Waals surface area contributed by atoms with E-state index in [9.17, 15) is 10.1 Å². The summed E-state index contributed by atoms with van der Waals surface area (Å²) in [6.07, 6.45) is 16.0. The Morgan fingerprint density at radius 3 is 2.23 bits per heavy atom. The van der Waals surface area contributed by atoms with E-state index in [0.29, 0.717) is 17.9 Å². The van der Waals surface area contributed by atoms with Crippen molar-refractivity contribution >= 4 is 11.8 Å². The summed E-state index contributed by atoms with van der Waals surface area (Å²) in [7, 11) is 1.59. The second kappa shape index (κ2) is 16.8. The monoisotopic (exact) mass is 421 g/mol. The zero-order chi connectivity index (χ0) is 22.0. The van der Waals surface area contributed by atoms with Crippen molar-refractivity contribution in [1.82, 2.24) is 0 Å². The van der Waals surface area contributed by atoms with Crippen LogP contribution in [0.25, 0.3) is 6.08 Å². The largest absolute Gasteiger partial charge is 0.488 e. The van der Waals surface area contributed by atoms with E-state index in [4.69, 9.17) is 14.2 Å². The number of nitro groups is 1. The van der Waals surface area contributed by atoms with Crippen molar-refractivity contribution in [3.05, 3.63) is 40.0 Å². The Balaban J connectivity index is 2.25. The molecule has 0 heterocycles. The van der Waals surface area contributed by atoms with Crippen molar-refractivity contribution in [3.8, 4) is 5.75 Å². The van der Waals surface area contributed by atoms with E-state index in [0.717, 1.165) is 6.42 Å². The van der Waals surface area contributed by atoms with Gasteiger partial charge in [-0.15, -0.1) is 0 Å². The molecular formula is C24H39NO5. The molecule has 1 atom stereocenters. The van der Waals surface area contributed by atoms with E-state index in [-0.39, 0.29) is 12.3 Å². The van der Waals surface area contributed by atoms with Gasteiger partial charge in [-0.2, -0.15) is 0 Å². The molecule has 0 radical (unpaired) electrons. The molecule has 0 saturated heterocycles. The molecule has 0 bridgehead atoms. The first-order valence-electron chi connectivity index (χ1n) is 11.3. The van der Waals surface area contributed by atoms with E-state index in [1.54, 1.807) is 19.3 Å². The lowest BCUT2D eigenvalue weighted by Gasteiger charge is -2.18. The number of hydrogen-bond acceptors (Lipinski definition) is 5. The third kappa shape index (κ3) is 11.3. The maximum atomic E-state index is 11.0. The van der Waals surface area contributed by atoms with E-state index < -0.39 is 11.2 Å². The Hall–Kier alpha value is -1.92. The maximum Gasteiger partial charge on any atom is 0.270 e. The van der Waals surface area contributed by atoms with Gasteiger partial charge in [0.25, 0.3) is 5.69 Å². The number of allylic oxidation sites excluding steroid dienone is 1. The van der Waals surface area contributed by atoms with Crippen LogP contribution in [-0.4, -0.2) is 31.5 Å². The minimum Gasteiger partial charge on any atom is -0.488 e. The SMILES string of the molecule is C/C=C/c1cc([N+](=O)[O-])ccc1OCC(OC)OCCCCCCCCCCCC. The van der Waals surface area contributed by atoms with Crippen LogP contribution in [0.1, 0.15) is 83.6 Å². The van der Waals surface area contributed by atoms with Crippen molar-refractivity contribution < 1.29 is 19.1 Å². The Morgan fingerprint density at radius 1 is 1.03 bits per heavy atom. The van der Waals surface area contributed by atoms with Crippen LogP contribution in [0.4, 0.5) is 5.69 Å². The van der Waals surface area contributed by atoms with Gasteiger partial charge in [0.1, 0.15) is 12.4 Å². The van der Waals surface area contributed by atoms with Crippen LogP contribution < -0.4 is 4.74 Å². The summed E-state index contributed by atoms with van der Waals surface area (Å²) in [6.45, 7) is 4.98. The molecule has 1 unspecified atom stereocenters. The average molecular weight is 422 g/mol. The quantitative estimate of drug-likeness (QED) is 0.111. The standard InChI is InChI=1S/C24H39NO5/c1-4-6-7-8-9-10-11-12-13-14-18-29-24(28-3)20-30-23-17-16-22(25(26)27)19-21(23)15-5-2/h5,15-17,19,24H,4,6-14,18,20H2,1-3H3/b15-5+. The summed E-state index contributed by atoms with van der Waals surface area (Å²) in [5.74, 6) is 0.572. The molecule has 0 spiro atoms. The van der Waals surface area contributed by atoms with E-state index in [1.807, 2.05) is 13.0 Å². The number of benzene rings is 1. The van der Waals surface area contributed by atoms with Crippen LogP contribution in [0, 0.1) is 10.1 Å². The molecule has 1 aromatic carbocycles. The Morgan fingerprint density at radius 2 is 1.67 bits per heavy atom. The molecule has 0 aliphatic carbocycles. The fraction of sp³-hybridized carbons (Fsp3) is 0.667. The molecule has 6 nitrogen and oxygen atoms in total. The van der Waals surface area contributed by atoms with E-state index >= 15 is 0 Å². The molecule has 0 aromatic heterocycles. The molecule has 1 aromatic rings. The molecule has 0 aliphatic rings. The Labute approximate surface area is 181 Å². The average Bonchev–Trinajstić information content (AvgIpc) is 2.74. The summed E-state index contributed by atoms with van der Waals surface area (Å²) in [4.78, 5) is 10.6. The maximum absolute atomic E-state index is 11.0. The molecule has 0 saturated carbocycles. The summed E-state index contributed by atoms with van der Waals surface area (Å²) in [5.41, 5.74) is 0.701. The van der Waals surface area contributed by atoms with Crippen molar-refractivity contribution in [1.29, 1.82) is 0 Å². The van der Waals surface area contributed by atoms with Gasteiger partial charge in [-0.3, -0.25) is 10.1 Å². The van der Waals surface area contributed by atoms with Crippen molar-refractivity contribution in [3.63, 3.8) is 0 Å². The number of nitrogens with zero attached hydrogens (tertiary/aromatic N) is 1. The van der Waals surface area contributed by atoms with Gasteiger partial charge in [0, 0.05) is 31.4 Å². The van der Waals surface area contributed by atoms with Crippen LogP contribution >= 0.6 is 0 Å². The van der Waals surface area contributed by atoms with Crippen LogP contribution in [0.3, 0.4) is 0 Å². The minimum atomic E-state index is -0.461. The zero-order valence-corrected chi connectivity index (χ0v) is 18.9. The first kappa shape index (κ1) is 26.1. The zero-order valence-electron chi connectivity index (χ0n) is 18.9. The predicted molar refractivity (Wildman–Crippen MR) is 122 cm³/mol. The molecule has 0 amide bonds. The second-order valence-electron chi connectivity index (χ2n) is 7.51. The molecule has 0 N–H and O–H groups in total. The molecule has 0 aliphatic heterocycles. The van der Waals surface area contributed by atoms with Gasteiger partial charge < -0.3 is 14.2 Å². The van der Waals surface area contributed by atoms with Crippen LogP contribution in [-0.2, 0) is 9.47 Å². The van der Waals surface area contributed by atoms with Crippen LogP contribution in [0.5, 0.6) is 5.75 Å². The molecule has 30 heavy (non-hydrogen) atoms. The number of methoxy groups -OCH3 is 1. The highest BCUT2D eigenvalue weighted by Gasteiger charge is 2.13. The fourth-order valence-electron chi connectivity index (χ4n) is 3.24. The van der Waals surface area contributed by atoms with Gasteiger partial charge in [0.05, 0.1) is 4.92 Å². The number of unbranched alkanes of at least 4 members (excludes halogenated alkanes) is 9. The third-order valence-electron chi connectivity index (χ3n) is 4.99. The van der Waals surface area contributed by atoms with Crippen molar-refractivity contribution in [2.45, 2.75) is 84.3 Å². The molecule has 1 rings (SSSR count). The summed E-state index contributed by atoms with van der Waals surface area (Å²) >= 11 is 0. The molecule has 6 heteroatoms. The number of rotatable bonds is 18. The summed E-state index contributed by atoms with van der Waals surface area (Å²) < 4.78 is 16.9. The lowest BCUT2D eigenvalue weighted by Crippen LogP contribution is -2.24. The fourth-order valence-corrected chi connectivity index (χ4v) is 3.24. The number of ether oxygens (including phenoxy) is 3. The van der Waals surface area contributed by atoms with E-state index in [1.165, 1.54) is 69.9 Å². The van der Waals surface area contributed by atoms with E-state index in [2.05, 4.69) is 6.92 Å². The number of hydrogen-bond donors (Lipinski definition) is 0. The lowest BCUT2D eigenvalue weighted by atomic mass is 10.1. The summed E-state index contributed by atoms with van der Waals surface area (Å²) in [5, 5.41) is 11.0. The first-order valence-corrected chi connectivity index (χ1v) is 11.3. The van der Waals surface area contributed by atoms with Gasteiger partial charge in [-0.05, 0) is 19.4 Å². The summed E-state index contributed by atoms with van der Waals surface area (Å²) in [6, 6.07) is 4.55. The highest BCUT2D eigenvalue weighted by Crippen LogP contribution is 2.26. The van der Waals surface area contributed by atoms with Gasteiger partial charge >= 0.3 is 0 Å². The molecule has 0 fully saturated rings. The van der Waals surface area contributed by atoms with Gasteiger partial charge in [-0.25, -0.2) is 0 Å². The van der Waals surface area contributed by atoms with Gasteiger partial charge in [0.2, 0.25) is 0 Å². The number of non-ortho nitro benzene ring substituents is 1. The van der Waals surface area contributed by atoms with Crippen LogP contribution in [0.15, 0.2) is 24.3 Å². The second-order valence-corrected chi connectivity index (χ2v) is 7.51. The Bertz CT molecular complexity index is 618.